The molecule has 0 aromatic heterocycles. The molecule has 0 fully saturated rings. The van der Waals surface area contributed by atoms with Crippen molar-refractivity contribution in [1.82, 2.24) is 0 Å². The van der Waals surface area contributed by atoms with Crippen LogP contribution in [0.4, 0.5) is 0 Å². The van der Waals surface area contributed by atoms with Crippen LogP contribution in [0, 0.1) is 0 Å². The number of aldehydes is 1. The van der Waals surface area contributed by atoms with Crippen molar-refractivity contribution in [3.8, 4) is 28.4 Å². The summed E-state index contributed by atoms with van der Waals surface area (Å²) >= 11 is 0. The molecule has 0 unspecified atom stereocenters. The summed E-state index contributed by atoms with van der Waals surface area (Å²) in [5, 5.41) is 0. The van der Waals surface area contributed by atoms with Gasteiger partial charge in [-0.1, -0.05) is 42.5 Å². The van der Waals surface area contributed by atoms with Crippen LogP contribution >= 0.6 is 0 Å². The summed E-state index contributed by atoms with van der Waals surface area (Å²) in [6, 6.07) is 21.3. The molecule has 130 valence electrons. The van der Waals surface area contributed by atoms with E-state index in [1.165, 1.54) is 0 Å². The van der Waals surface area contributed by atoms with Crippen molar-refractivity contribution < 1.29 is 19.0 Å². The number of ether oxygens (including phenoxy) is 3. The minimum Gasteiger partial charge on any atom is -0.488 e. The van der Waals surface area contributed by atoms with E-state index in [-0.39, 0.29) is 0 Å². The van der Waals surface area contributed by atoms with Crippen LogP contribution in [0.1, 0.15) is 15.9 Å². The second kappa shape index (κ2) is 7.31. The summed E-state index contributed by atoms with van der Waals surface area (Å²) in [7, 11) is 0. The van der Waals surface area contributed by atoms with E-state index in [0.29, 0.717) is 31.1 Å². The summed E-state index contributed by atoms with van der Waals surface area (Å²) in [5.41, 5.74) is 3.52. The fourth-order valence-corrected chi connectivity index (χ4v) is 2.89. The molecule has 0 saturated carbocycles. The Bertz CT molecular complexity index is 919. The zero-order valence-corrected chi connectivity index (χ0v) is 14.2. The molecule has 26 heavy (non-hydrogen) atoms. The van der Waals surface area contributed by atoms with Crippen LogP contribution in [-0.2, 0) is 6.61 Å². The van der Waals surface area contributed by atoms with E-state index in [4.69, 9.17) is 14.2 Å². The van der Waals surface area contributed by atoms with E-state index in [9.17, 15) is 4.79 Å². The third kappa shape index (κ3) is 3.40. The van der Waals surface area contributed by atoms with E-state index in [1.54, 1.807) is 6.07 Å². The predicted molar refractivity (Wildman–Crippen MR) is 99.0 cm³/mol. The van der Waals surface area contributed by atoms with Gasteiger partial charge in [-0.25, -0.2) is 0 Å². The maximum absolute atomic E-state index is 11.4. The Morgan fingerprint density at radius 2 is 1.58 bits per heavy atom. The third-order valence-corrected chi connectivity index (χ3v) is 4.25. The first-order valence-corrected chi connectivity index (χ1v) is 8.49. The minimum absolute atomic E-state index is 0.409. The molecule has 0 N–H and O–H groups in total. The van der Waals surface area contributed by atoms with Crippen LogP contribution in [0.5, 0.6) is 17.2 Å². The summed E-state index contributed by atoms with van der Waals surface area (Å²) in [5.74, 6) is 2.06. The second-order valence-electron chi connectivity index (χ2n) is 6.00. The number of hydrogen-bond acceptors (Lipinski definition) is 4. The first-order valence-electron chi connectivity index (χ1n) is 8.49. The molecule has 0 radical (unpaired) electrons. The number of hydrogen-bond donors (Lipinski definition) is 0. The van der Waals surface area contributed by atoms with Crippen molar-refractivity contribution in [1.29, 1.82) is 0 Å². The van der Waals surface area contributed by atoms with Gasteiger partial charge in [-0.3, -0.25) is 4.79 Å². The lowest BCUT2D eigenvalue weighted by atomic mass is 10.0. The zero-order chi connectivity index (χ0) is 17.8. The Balaban J connectivity index is 1.62. The van der Waals surface area contributed by atoms with Gasteiger partial charge >= 0.3 is 0 Å². The van der Waals surface area contributed by atoms with Crippen LogP contribution in [0.15, 0.2) is 66.7 Å². The van der Waals surface area contributed by atoms with Gasteiger partial charge in [0.1, 0.15) is 25.6 Å². The Morgan fingerprint density at radius 1 is 0.846 bits per heavy atom. The van der Waals surface area contributed by atoms with Gasteiger partial charge in [0.15, 0.2) is 17.8 Å². The molecule has 0 aliphatic carbocycles. The Kier molecular flexibility index (Phi) is 4.56. The molecule has 3 aromatic carbocycles. The summed E-state index contributed by atoms with van der Waals surface area (Å²) in [6.45, 7) is 1.52. The Morgan fingerprint density at radius 3 is 2.38 bits per heavy atom. The van der Waals surface area contributed by atoms with E-state index >= 15 is 0 Å². The molecule has 3 aromatic rings. The molecule has 0 spiro atoms. The molecule has 4 rings (SSSR count). The van der Waals surface area contributed by atoms with Crippen molar-refractivity contribution in [3.63, 3.8) is 0 Å². The van der Waals surface area contributed by atoms with Gasteiger partial charge in [-0.15, -0.1) is 0 Å². The highest BCUT2D eigenvalue weighted by Gasteiger charge is 2.13. The fourth-order valence-electron chi connectivity index (χ4n) is 2.89. The Hall–Kier alpha value is -3.27. The number of carbonyl (C=O) groups is 1. The minimum atomic E-state index is 0.409. The normalized spacial score (nSPS) is 12.5. The van der Waals surface area contributed by atoms with Crippen LogP contribution < -0.4 is 14.2 Å². The number of carbonyl (C=O) groups excluding carboxylic acids is 1. The SMILES string of the molecule is O=Cc1ccc(-c2ccc3c(c2)OCCO3)cc1OCc1ccccc1. The maximum Gasteiger partial charge on any atom is 0.161 e. The van der Waals surface area contributed by atoms with Crippen LogP contribution in [-0.4, -0.2) is 19.5 Å². The van der Waals surface area contributed by atoms with Crippen LogP contribution in [0.3, 0.4) is 0 Å². The third-order valence-electron chi connectivity index (χ3n) is 4.25. The lowest BCUT2D eigenvalue weighted by Gasteiger charge is -2.19. The second-order valence-corrected chi connectivity index (χ2v) is 6.00. The summed E-state index contributed by atoms with van der Waals surface area (Å²) in [6.07, 6.45) is 0.813. The maximum atomic E-state index is 11.4. The van der Waals surface area contributed by atoms with Gasteiger partial charge in [0.25, 0.3) is 0 Å². The topological polar surface area (TPSA) is 44.8 Å². The van der Waals surface area contributed by atoms with Gasteiger partial charge < -0.3 is 14.2 Å². The molecule has 4 nitrogen and oxygen atoms in total. The molecule has 0 amide bonds. The molecular weight excluding hydrogens is 328 g/mol. The van der Waals surface area contributed by atoms with Crippen molar-refractivity contribution >= 4 is 6.29 Å². The summed E-state index contributed by atoms with van der Waals surface area (Å²) in [4.78, 5) is 11.4. The largest absolute Gasteiger partial charge is 0.488 e. The lowest BCUT2D eigenvalue weighted by Crippen LogP contribution is -2.15. The zero-order valence-electron chi connectivity index (χ0n) is 14.2. The quantitative estimate of drug-likeness (QED) is 0.637. The van der Waals surface area contributed by atoms with Gasteiger partial charge in [0, 0.05) is 0 Å². The molecule has 0 atom stereocenters. The molecule has 1 aliphatic rings. The number of benzene rings is 3. The van der Waals surface area contributed by atoms with Gasteiger partial charge in [-0.05, 0) is 41.0 Å². The molecular formula is C22H18O4. The van der Waals surface area contributed by atoms with Gasteiger partial charge in [-0.2, -0.15) is 0 Å². The number of rotatable bonds is 5. The van der Waals surface area contributed by atoms with Crippen molar-refractivity contribution in [2.24, 2.45) is 0 Å². The lowest BCUT2D eigenvalue weighted by molar-refractivity contribution is 0.111. The van der Waals surface area contributed by atoms with Gasteiger partial charge in [0.05, 0.1) is 5.56 Å². The highest BCUT2D eigenvalue weighted by Crippen LogP contribution is 2.36. The van der Waals surface area contributed by atoms with E-state index in [1.807, 2.05) is 60.7 Å². The van der Waals surface area contributed by atoms with Gasteiger partial charge in [0.2, 0.25) is 0 Å². The van der Waals surface area contributed by atoms with Crippen LogP contribution in [0.25, 0.3) is 11.1 Å². The number of fused-ring (bicyclic) bond motifs is 1. The standard InChI is InChI=1S/C22H18O4/c23-14-19-7-6-17(12-21(19)26-15-16-4-2-1-3-5-16)18-8-9-20-22(13-18)25-11-10-24-20/h1-9,12-14H,10-11,15H2. The van der Waals surface area contributed by atoms with Crippen LogP contribution in [0.2, 0.25) is 0 Å². The van der Waals surface area contributed by atoms with Crippen molar-refractivity contribution in [3.05, 3.63) is 77.9 Å². The fraction of sp³-hybridized carbons (Fsp3) is 0.136. The smallest absolute Gasteiger partial charge is 0.161 e. The summed E-state index contributed by atoms with van der Waals surface area (Å²) < 4.78 is 17.1. The van der Waals surface area contributed by atoms with E-state index in [2.05, 4.69) is 0 Å². The predicted octanol–water partition coefficient (Wildman–Crippen LogP) is 4.52. The van der Waals surface area contributed by atoms with Crippen molar-refractivity contribution in [2.75, 3.05) is 13.2 Å². The highest BCUT2D eigenvalue weighted by molar-refractivity contribution is 5.82. The molecule has 4 heteroatoms. The first-order chi connectivity index (χ1) is 12.8. The average molecular weight is 346 g/mol. The first kappa shape index (κ1) is 16.2. The molecule has 0 saturated heterocycles. The Labute approximate surface area is 152 Å². The average Bonchev–Trinajstić information content (AvgIpc) is 2.72. The molecule has 1 aliphatic heterocycles. The van der Waals surface area contributed by atoms with E-state index < -0.39 is 0 Å². The van der Waals surface area contributed by atoms with Crippen molar-refractivity contribution in [2.45, 2.75) is 6.61 Å². The highest BCUT2D eigenvalue weighted by atomic mass is 16.6. The molecule has 1 heterocycles. The monoisotopic (exact) mass is 346 g/mol. The molecule has 0 bridgehead atoms. The van der Waals surface area contributed by atoms with E-state index in [0.717, 1.165) is 34.5 Å².